The van der Waals surface area contributed by atoms with E-state index in [1.54, 1.807) is 29.6 Å². The highest BCUT2D eigenvalue weighted by Gasteiger charge is 2.28. The zero-order valence-corrected chi connectivity index (χ0v) is 11.3. The van der Waals surface area contributed by atoms with Gasteiger partial charge in [0.25, 0.3) is 0 Å². The number of amides is 1. The predicted octanol–water partition coefficient (Wildman–Crippen LogP) is 2.68. The summed E-state index contributed by atoms with van der Waals surface area (Å²) in [6.45, 7) is 0.401. The number of nitrogens with zero attached hydrogens (tertiary/aromatic N) is 1. The molecular formula is C12H9NO4S2. The molecule has 1 aliphatic heterocycles. The number of carboxylic acids is 1. The minimum atomic E-state index is -0.962. The number of hydrogen-bond acceptors (Lipinski definition) is 5. The van der Waals surface area contributed by atoms with Crippen LogP contribution in [0.5, 0.6) is 0 Å². The molecule has 0 aromatic carbocycles. The molecule has 0 atom stereocenters. The van der Waals surface area contributed by atoms with Crippen molar-refractivity contribution in [2.45, 2.75) is 10.8 Å². The number of thioether (sulfide) groups is 1. The van der Waals surface area contributed by atoms with Gasteiger partial charge in [-0.15, -0.1) is 23.1 Å². The van der Waals surface area contributed by atoms with Crippen LogP contribution in [-0.4, -0.2) is 22.7 Å². The number of carboxylic acid groups (broad SMARTS) is 1. The summed E-state index contributed by atoms with van der Waals surface area (Å²) in [5.41, 5.74) is 1.57. The van der Waals surface area contributed by atoms with E-state index < -0.39 is 5.97 Å². The Kier molecular flexibility index (Phi) is 3.08. The van der Waals surface area contributed by atoms with Gasteiger partial charge in [-0.25, -0.2) is 4.79 Å². The minimum Gasteiger partial charge on any atom is -0.477 e. The fourth-order valence-corrected chi connectivity index (χ4v) is 3.98. The number of fused-ring (bicyclic) bond motifs is 1. The van der Waals surface area contributed by atoms with Crippen LogP contribution in [-0.2, 0) is 11.3 Å². The van der Waals surface area contributed by atoms with E-state index in [0.717, 1.165) is 9.77 Å². The number of aromatic carboxylic acids is 1. The fourth-order valence-electron chi connectivity index (χ4n) is 1.84. The van der Waals surface area contributed by atoms with Crippen LogP contribution in [0, 0.1) is 0 Å². The molecular weight excluding hydrogens is 286 g/mol. The van der Waals surface area contributed by atoms with Gasteiger partial charge in [0.05, 0.1) is 34.7 Å². The van der Waals surface area contributed by atoms with Crippen LogP contribution in [0.25, 0.3) is 0 Å². The van der Waals surface area contributed by atoms with Crippen LogP contribution in [0.1, 0.15) is 15.2 Å². The number of thiophene rings is 1. The fraction of sp³-hybridized carbons (Fsp3) is 0.167. The van der Waals surface area contributed by atoms with Crippen LogP contribution in [0.2, 0.25) is 0 Å². The Morgan fingerprint density at radius 3 is 3.05 bits per heavy atom. The van der Waals surface area contributed by atoms with E-state index in [-0.39, 0.29) is 10.8 Å². The molecule has 1 aliphatic rings. The van der Waals surface area contributed by atoms with Crippen LogP contribution >= 0.6 is 23.1 Å². The topological polar surface area (TPSA) is 70.8 Å². The number of furan rings is 1. The molecule has 0 saturated carbocycles. The SMILES string of the molecule is O=C(O)c1cc2c(s1)SCC(=O)N2Cc1ccoc1. The van der Waals surface area contributed by atoms with E-state index in [2.05, 4.69) is 0 Å². The van der Waals surface area contributed by atoms with Gasteiger partial charge in [0, 0.05) is 5.56 Å². The summed E-state index contributed by atoms with van der Waals surface area (Å²) in [4.78, 5) is 24.9. The van der Waals surface area contributed by atoms with Crippen molar-refractivity contribution in [3.8, 4) is 0 Å². The summed E-state index contributed by atoms with van der Waals surface area (Å²) in [5.74, 6) is -0.645. The summed E-state index contributed by atoms with van der Waals surface area (Å²) < 4.78 is 5.86. The number of hydrogen-bond donors (Lipinski definition) is 1. The molecule has 19 heavy (non-hydrogen) atoms. The van der Waals surface area contributed by atoms with Gasteiger partial charge in [0.1, 0.15) is 4.88 Å². The van der Waals surface area contributed by atoms with Crippen molar-refractivity contribution in [2.24, 2.45) is 0 Å². The molecule has 7 heteroatoms. The van der Waals surface area contributed by atoms with E-state index in [4.69, 9.17) is 9.52 Å². The molecule has 3 rings (SSSR count). The minimum absolute atomic E-state index is 0.0200. The Bertz CT molecular complexity index is 632. The first-order chi connectivity index (χ1) is 9.15. The normalized spacial score (nSPS) is 14.5. The molecule has 0 spiro atoms. The lowest BCUT2D eigenvalue weighted by Gasteiger charge is -2.25. The average molecular weight is 295 g/mol. The molecule has 0 fully saturated rings. The third-order valence-corrected chi connectivity index (χ3v) is 5.10. The zero-order valence-electron chi connectivity index (χ0n) is 9.66. The highest BCUT2D eigenvalue weighted by atomic mass is 32.2. The highest BCUT2D eigenvalue weighted by Crippen LogP contribution is 2.42. The molecule has 5 nitrogen and oxygen atoms in total. The monoisotopic (exact) mass is 295 g/mol. The zero-order chi connectivity index (χ0) is 13.4. The third kappa shape index (κ3) is 2.26. The molecule has 0 unspecified atom stereocenters. The molecule has 3 heterocycles. The number of rotatable bonds is 3. The van der Waals surface area contributed by atoms with Crippen molar-refractivity contribution in [3.63, 3.8) is 0 Å². The molecule has 0 aliphatic carbocycles. The van der Waals surface area contributed by atoms with Crippen molar-refractivity contribution in [2.75, 3.05) is 10.7 Å². The van der Waals surface area contributed by atoms with Gasteiger partial charge < -0.3 is 14.4 Å². The number of carbonyl (C=O) groups excluding carboxylic acids is 1. The van der Waals surface area contributed by atoms with Gasteiger partial charge in [-0.1, -0.05) is 0 Å². The maximum Gasteiger partial charge on any atom is 0.345 e. The largest absolute Gasteiger partial charge is 0.477 e. The highest BCUT2D eigenvalue weighted by molar-refractivity contribution is 8.02. The van der Waals surface area contributed by atoms with E-state index in [9.17, 15) is 9.59 Å². The summed E-state index contributed by atoms with van der Waals surface area (Å²) in [6, 6.07) is 3.35. The van der Waals surface area contributed by atoms with E-state index in [1.165, 1.54) is 23.1 Å². The molecule has 2 aromatic heterocycles. The van der Waals surface area contributed by atoms with Gasteiger partial charge in [-0.2, -0.15) is 0 Å². The van der Waals surface area contributed by atoms with Crippen molar-refractivity contribution >= 4 is 40.7 Å². The van der Waals surface area contributed by atoms with Gasteiger partial charge in [-0.05, 0) is 12.1 Å². The van der Waals surface area contributed by atoms with Gasteiger partial charge in [0.2, 0.25) is 5.91 Å². The van der Waals surface area contributed by atoms with Crippen LogP contribution < -0.4 is 4.90 Å². The smallest absolute Gasteiger partial charge is 0.345 e. The lowest BCUT2D eigenvalue weighted by molar-refractivity contribution is -0.116. The maximum absolute atomic E-state index is 12.0. The second-order valence-electron chi connectivity index (χ2n) is 3.99. The predicted molar refractivity (Wildman–Crippen MR) is 71.9 cm³/mol. The van der Waals surface area contributed by atoms with Crippen molar-refractivity contribution in [1.29, 1.82) is 0 Å². The molecule has 0 radical (unpaired) electrons. The Morgan fingerprint density at radius 1 is 1.53 bits per heavy atom. The number of carbonyl (C=O) groups is 2. The molecule has 98 valence electrons. The molecule has 2 aromatic rings. The second kappa shape index (κ2) is 4.75. The first kappa shape index (κ1) is 12.3. The summed E-state index contributed by atoms with van der Waals surface area (Å²) in [7, 11) is 0. The van der Waals surface area contributed by atoms with Crippen molar-refractivity contribution in [1.82, 2.24) is 0 Å². The van der Waals surface area contributed by atoms with Crippen LogP contribution in [0.15, 0.2) is 33.3 Å². The molecule has 1 N–H and O–H groups in total. The van der Waals surface area contributed by atoms with Gasteiger partial charge >= 0.3 is 5.97 Å². The Labute approximate surface area is 116 Å². The summed E-state index contributed by atoms with van der Waals surface area (Å²) >= 11 is 2.60. The Morgan fingerprint density at radius 2 is 2.37 bits per heavy atom. The maximum atomic E-state index is 12.0. The van der Waals surface area contributed by atoms with E-state index in [1.807, 2.05) is 0 Å². The first-order valence-electron chi connectivity index (χ1n) is 5.46. The number of anilines is 1. The van der Waals surface area contributed by atoms with E-state index in [0.29, 0.717) is 18.0 Å². The second-order valence-corrected chi connectivity index (χ2v) is 6.28. The third-order valence-electron chi connectivity index (χ3n) is 2.73. The van der Waals surface area contributed by atoms with Gasteiger partial charge in [0.15, 0.2) is 0 Å². The lowest BCUT2D eigenvalue weighted by Crippen LogP contribution is -2.33. The molecule has 1 amide bonds. The quantitative estimate of drug-likeness (QED) is 0.942. The van der Waals surface area contributed by atoms with E-state index >= 15 is 0 Å². The molecule has 0 saturated heterocycles. The Hall–Kier alpha value is -1.73. The standard InChI is InChI=1S/C12H9NO4S2/c14-10-6-18-12-8(3-9(19-12)11(15)16)13(10)4-7-1-2-17-5-7/h1-3,5H,4,6H2,(H,15,16). The first-order valence-corrected chi connectivity index (χ1v) is 7.26. The van der Waals surface area contributed by atoms with Crippen LogP contribution in [0.4, 0.5) is 5.69 Å². The van der Waals surface area contributed by atoms with Crippen molar-refractivity contribution < 1.29 is 19.1 Å². The van der Waals surface area contributed by atoms with Crippen molar-refractivity contribution in [3.05, 3.63) is 35.1 Å². The summed E-state index contributed by atoms with van der Waals surface area (Å²) in [6.07, 6.45) is 3.13. The molecule has 0 bridgehead atoms. The van der Waals surface area contributed by atoms with Crippen LogP contribution in [0.3, 0.4) is 0 Å². The lowest BCUT2D eigenvalue weighted by atomic mass is 10.3. The summed E-state index contributed by atoms with van der Waals surface area (Å²) in [5, 5.41) is 9.03. The van der Waals surface area contributed by atoms with Gasteiger partial charge in [-0.3, -0.25) is 4.79 Å². The Balaban J connectivity index is 1.96. The average Bonchev–Trinajstić information content (AvgIpc) is 3.01.